The van der Waals surface area contributed by atoms with E-state index in [0.717, 1.165) is 17.0 Å². The van der Waals surface area contributed by atoms with E-state index in [4.69, 9.17) is 5.73 Å². The molecule has 0 aliphatic rings. The van der Waals surface area contributed by atoms with Crippen LogP contribution in [0, 0.1) is 13.8 Å². The van der Waals surface area contributed by atoms with Gasteiger partial charge in [0, 0.05) is 22.0 Å². The third-order valence-corrected chi connectivity index (χ3v) is 4.29. The molecule has 1 heterocycles. The van der Waals surface area contributed by atoms with E-state index in [-0.39, 0.29) is 6.04 Å². The van der Waals surface area contributed by atoms with Gasteiger partial charge in [-0.15, -0.1) is 0 Å². The van der Waals surface area contributed by atoms with Crippen molar-refractivity contribution in [3.8, 4) is 0 Å². The van der Waals surface area contributed by atoms with E-state index in [1.54, 1.807) is 11.8 Å². The summed E-state index contributed by atoms with van der Waals surface area (Å²) in [5, 5.41) is 0. The van der Waals surface area contributed by atoms with Gasteiger partial charge in [-0.1, -0.05) is 30.8 Å². The molecule has 0 aliphatic heterocycles. The van der Waals surface area contributed by atoms with Crippen LogP contribution in [0.5, 0.6) is 0 Å². The number of benzene rings is 1. The third-order valence-electron chi connectivity index (χ3n) is 3.15. The molecule has 3 heteroatoms. The summed E-state index contributed by atoms with van der Waals surface area (Å²) in [5.74, 6) is 0. The van der Waals surface area contributed by atoms with Crippen LogP contribution in [0.15, 0.2) is 46.3 Å². The fraction of sp³-hybridized carbons (Fsp3) is 0.312. The molecule has 1 aromatic carbocycles. The van der Waals surface area contributed by atoms with Gasteiger partial charge in [0.1, 0.15) is 0 Å². The highest BCUT2D eigenvalue weighted by Crippen LogP contribution is 2.30. The first-order valence-corrected chi connectivity index (χ1v) is 7.38. The zero-order valence-corrected chi connectivity index (χ0v) is 12.5. The molecule has 0 spiro atoms. The lowest BCUT2D eigenvalue weighted by Crippen LogP contribution is -2.10. The number of rotatable bonds is 4. The van der Waals surface area contributed by atoms with Crippen LogP contribution in [-0.4, -0.2) is 4.98 Å². The minimum atomic E-state index is 0.0414. The second kappa shape index (κ2) is 6.22. The first-order valence-electron chi connectivity index (χ1n) is 6.56. The van der Waals surface area contributed by atoms with E-state index < -0.39 is 0 Å². The summed E-state index contributed by atoms with van der Waals surface area (Å²) in [4.78, 5) is 6.89. The number of aromatic nitrogens is 1. The van der Waals surface area contributed by atoms with E-state index in [1.165, 1.54) is 16.0 Å². The Labute approximate surface area is 119 Å². The van der Waals surface area contributed by atoms with E-state index >= 15 is 0 Å². The monoisotopic (exact) mass is 272 g/mol. The first-order chi connectivity index (χ1) is 9.10. The lowest BCUT2D eigenvalue weighted by atomic mass is 10.1. The number of hydrogen-bond acceptors (Lipinski definition) is 3. The summed E-state index contributed by atoms with van der Waals surface area (Å²) in [6.07, 6.45) is 2.83. The molecule has 0 radical (unpaired) electrons. The largest absolute Gasteiger partial charge is 0.323 e. The zero-order valence-electron chi connectivity index (χ0n) is 11.7. The Balaban J connectivity index is 2.17. The topological polar surface area (TPSA) is 38.9 Å². The summed E-state index contributed by atoms with van der Waals surface area (Å²) in [7, 11) is 0. The summed E-state index contributed by atoms with van der Waals surface area (Å²) in [6.45, 7) is 6.33. The molecule has 19 heavy (non-hydrogen) atoms. The van der Waals surface area contributed by atoms with E-state index in [1.807, 2.05) is 12.3 Å². The minimum Gasteiger partial charge on any atom is -0.323 e. The van der Waals surface area contributed by atoms with Gasteiger partial charge in [0.25, 0.3) is 0 Å². The van der Waals surface area contributed by atoms with Crippen LogP contribution in [-0.2, 0) is 0 Å². The van der Waals surface area contributed by atoms with Gasteiger partial charge in [0.05, 0.1) is 5.69 Å². The highest BCUT2D eigenvalue weighted by Gasteiger charge is 2.06. The Hall–Kier alpha value is -1.32. The second-order valence-electron chi connectivity index (χ2n) is 4.80. The second-order valence-corrected chi connectivity index (χ2v) is 5.92. The molecular weight excluding hydrogens is 252 g/mol. The van der Waals surface area contributed by atoms with Crippen molar-refractivity contribution >= 4 is 11.8 Å². The van der Waals surface area contributed by atoms with Gasteiger partial charge in [-0.3, -0.25) is 4.98 Å². The van der Waals surface area contributed by atoms with Crippen molar-refractivity contribution in [2.24, 2.45) is 5.73 Å². The highest BCUT2D eigenvalue weighted by atomic mass is 32.2. The van der Waals surface area contributed by atoms with Crippen molar-refractivity contribution in [2.45, 2.75) is 43.0 Å². The van der Waals surface area contributed by atoms with E-state index in [9.17, 15) is 0 Å². The molecule has 1 aromatic heterocycles. The van der Waals surface area contributed by atoms with Crippen LogP contribution >= 0.6 is 11.8 Å². The molecule has 2 aromatic rings. The van der Waals surface area contributed by atoms with Gasteiger partial charge in [-0.05, 0) is 49.6 Å². The maximum Gasteiger partial charge on any atom is 0.0571 e. The van der Waals surface area contributed by atoms with E-state index in [0.29, 0.717) is 0 Å². The maximum atomic E-state index is 5.97. The van der Waals surface area contributed by atoms with Gasteiger partial charge in [-0.2, -0.15) is 0 Å². The number of nitrogens with zero attached hydrogens (tertiary/aromatic N) is 1. The molecule has 0 bridgehead atoms. The highest BCUT2D eigenvalue weighted by molar-refractivity contribution is 7.99. The van der Waals surface area contributed by atoms with Crippen molar-refractivity contribution in [1.82, 2.24) is 4.98 Å². The predicted octanol–water partition coefficient (Wildman–Crippen LogP) is 4.26. The van der Waals surface area contributed by atoms with Crippen molar-refractivity contribution < 1.29 is 0 Å². The van der Waals surface area contributed by atoms with Gasteiger partial charge in [0.15, 0.2) is 0 Å². The summed E-state index contributed by atoms with van der Waals surface area (Å²) in [6, 6.07) is 10.7. The molecule has 100 valence electrons. The molecule has 2 N–H and O–H groups in total. The molecule has 0 amide bonds. The number of hydrogen-bond donors (Lipinski definition) is 1. The molecular formula is C16H20N2S. The van der Waals surface area contributed by atoms with Crippen molar-refractivity contribution in [2.75, 3.05) is 0 Å². The average Bonchev–Trinajstić information content (AvgIpc) is 2.43. The standard InChI is InChI=1S/C16H20N2S/c1-4-14(17)15-8-7-13(10-18-15)19-16-9-11(2)5-6-12(16)3/h5-10,14H,4,17H2,1-3H3/t14-/m1/s1. The van der Waals surface area contributed by atoms with Crippen LogP contribution in [0.2, 0.25) is 0 Å². The van der Waals surface area contributed by atoms with Gasteiger partial charge in [-0.25, -0.2) is 0 Å². The van der Waals surface area contributed by atoms with Crippen molar-refractivity contribution in [3.05, 3.63) is 53.3 Å². The summed E-state index contributed by atoms with van der Waals surface area (Å²) >= 11 is 1.75. The molecule has 0 unspecified atom stereocenters. The maximum absolute atomic E-state index is 5.97. The molecule has 0 saturated carbocycles. The predicted molar refractivity (Wildman–Crippen MR) is 81.5 cm³/mol. The minimum absolute atomic E-state index is 0.0414. The Bertz CT molecular complexity index is 549. The van der Waals surface area contributed by atoms with Crippen LogP contribution in [0.3, 0.4) is 0 Å². The Kier molecular flexibility index (Phi) is 4.61. The Morgan fingerprint density at radius 2 is 2.00 bits per heavy atom. The fourth-order valence-corrected chi connectivity index (χ4v) is 2.79. The van der Waals surface area contributed by atoms with Gasteiger partial charge < -0.3 is 5.73 Å². The molecule has 2 nitrogen and oxygen atoms in total. The van der Waals surface area contributed by atoms with Gasteiger partial charge >= 0.3 is 0 Å². The van der Waals surface area contributed by atoms with Crippen LogP contribution in [0.4, 0.5) is 0 Å². The van der Waals surface area contributed by atoms with Gasteiger partial charge in [0.2, 0.25) is 0 Å². The summed E-state index contributed by atoms with van der Waals surface area (Å²) < 4.78 is 0. The smallest absolute Gasteiger partial charge is 0.0571 e. The van der Waals surface area contributed by atoms with E-state index in [2.05, 4.69) is 50.0 Å². The fourth-order valence-electron chi connectivity index (χ4n) is 1.82. The SMILES string of the molecule is CC[C@@H](N)c1ccc(Sc2cc(C)ccc2C)cn1. The molecule has 2 rings (SSSR count). The van der Waals surface area contributed by atoms with Crippen LogP contribution in [0.1, 0.15) is 36.2 Å². The number of pyridine rings is 1. The Morgan fingerprint density at radius 1 is 1.21 bits per heavy atom. The zero-order chi connectivity index (χ0) is 13.8. The molecule has 1 atom stereocenters. The number of aryl methyl sites for hydroxylation is 2. The molecule has 0 saturated heterocycles. The summed E-state index contributed by atoms with van der Waals surface area (Å²) in [5.41, 5.74) is 9.52. The normalized spacial score (nSPS) is 12.4. The third kappa shape index (κ3) is 3.58. The average molecular weight is 272 g/mol. The lowest BCUT2D eigenvalue weighted by Gasteiger charge is -2.10. The molecule has 0 fully saturated rings. The molecule has 0 aliphatic carbocycles. The van der Waals surface area contributed by atoms with Crippen molar-refractivity contribution in [3.63, 3.8) is 0 Å². The number of nitrogens with two attached hydrogens (primary N) is 1. The Morgan fingerprint density at radius 3 is 2.63 bits per heavy atom. The first kappa shape index (κ1) is 14.1. The van der Waals surface area contributed by atoms with Crippen molar-refractivity contribution in [1.29, 1.82) is 0 Å². The van der Waals surface area contributed by atoms with Crippen LogP contribution < -0.4 is 5.73 Å². The quantitative estimate of drug-likeness (QED) is 0.904. The van der Waals surface area contributed by atoms with Crippen LogP contribution in [0.25, 0.3) is 0 Å². The lowest BCUT2D eigenvalue weighted by molar-refractivity contribution is 0.674.